The predicted molar refractivity (Wildman–Crippen MR) is 110 cm³/mol. The number of rotatable bonds is 4. The minimum absolute atomic E-state index is 0.137. The number of carbonyl (C=O) groups is 1. The van der Waals surface area contributed by atoms with Crippen LogP contribution in [0.15, 0.2) is 53.3 Å². The zero-order valence-electron chi connectivity index (χ0n) is 16.1. The molecule has 148 valence electrons. The first-order valence-corrected chi connectivity index (χ1v) is 10.3. The van der Waals surface area contributed by atoms with Crippen molar-refractivity contribution >= 4 is 23.1 Å². The van der Waals surface area contributed by atoms with Crippen molar-refractivity contribution in [2.75, 3.05) is 19.5 Å². The van der Waals surface area contributed by atoms with E-state index >= 15 is 0 Å². The van der Waals surface area contributed by atoms with E-state index in [9.17, 15) is 4.79 Å². The molecule has 0 fully saturated rings. The lowest BCUT2D eigenvalue weighted by Crippen LogP contribution is -2.33. The van der Waals surface area contributed by atoms with Crippen molar-refractivity contribution in [1.82, 2.24) is 14.8 Å². The summed E-state index contributed by atoms with van der Waals surface area (Å²) in [4.78, 5) is 18.9. The highest BCUT2D eigenvalue weighted by atomic mass is 32.1. The second kappa shape index (κ2) is 7.04. The van der Waals surface area contributed by atoms with Gasteiger partial charge in [-0.3, -0.25) is 4.79 Å². The summed E-state index contributed by atoms with van der Waals surface area (Å²) in [5.41, 5.74) is 2.59. The molecule has 2 atom stereocenters. The van der Waals surface area contributed by atoms with Crippen LogP contribution in [0.5, 0.6) is 11.5 Å². The largest absolute Gasteiger partial charge is 0.493 e. The van der Waals surface area contributed by atoms with Crippen molar-refractivity contribution in [2.24, 2.45) is 0 Å². The van der Waals surface area contributed by atoms with Gasteiger partial charge in [0.2, 0.25) is 5.95 Å². The summed E-state index contributed by atoms with van der Waals surface area (Å²) in [5.74, 6) is 2.23. The molecule has 3 aromatic rings. The molecule has 0 saturated heterocycles. The molecule has 1 aliphatic carbocycles. The number of anilines is 1. The summed E-state index contributed by atoms with van der Waals surface area (Å²) < 4.78 is 12.6. The van der Waals surface area contributed by atoms with Crippen molar-refractivity contribution in [3.63, 3.8) is 0 Å². The summed E-state index contributed by atoms with van der Waals surface area (Å²) in [6, 6.07) is 9.50. The number of nitrogens with one attached hydrogen (secondary N) is 1. The molecule has 1 aromatic carbocycles. The van der Waals surface area contributed by atoms with E-state index in [2.05, 4.69) is 26.8 Å². The maximum atomic E-state index is 13.3. The quantitative estimate of drug-likeness (QED) is 0.708. The van der Waals surface area contributed by atoms with Gasteiger partial charge in [-0.2, -0.15) is 10.1 Å². The molecule has 0 unspecified atom stereocenters. The third kappa shape index (κ3) is 2.91. The number of benzene rings is 1. The number of methoxy groups -OCH3 is 2. The number of aromatic nitrogens is 3. The van der Waals surface area contributed by atoms with Gasteiger partial charge in [0.1, 0.15) is 12.4 Å². The molecule has 29 heavy (non-hydrogen) atoms. The maximum absolute atomic E-state index is 13.3. The Balaban J connectivity index is 1.62. The van der Waals surface area contributed by atoms with Crippen LogP contribution in [0.4, 0.5) is 5.95 Å². The topological polar surface area (TPSA) is 78.3 Å². The first-order valence-electron chi connectivity index (χ1n) is 9.37. The van der Waals surface area contributed by atoms with E-state index in [1.165, 1.54) is 11.2 Å². The number of hydrogen-bond donors (Lipinski definition) is 1. The molecule has 3 heterocycles. The van der Waals surface area contributed by atoms with Crippen LogP contribution in [0, 0.1) is 0 Å². The highest BCUT2D eigenvalue weighted by Crippen LogP contribution is 2.45. The van der Waals surface area contributed by atoms with Crippen LogP contribution in [-0.4, -0.2) is 34.8 Å². The van der Waals surface area contributed by atoms with Gasteiger partial charge >= 0.3 is 0 Å². The highest BCUT2D eigenvalue weighted by Gasteiger charge is 2.39. The van der Waals surface area contributed by atoms with Gasteiger partial charge in [-0.1, -0.05) is 12.1 Å². The third-order valence-electron chi connectivity index (χ3n) is 5.53. The Morgan fingerprint density at radius 1 is 1.17 bits per heavy atom. The molecule has 2 aliphatic rings. The fraction of sp³-hybridized carbons (Fsp3) is 0.286. The molecule has 8 heteroatoms. The minimum atomic E-state index is -0.347. The minimum Gasteiger partial charge on any atom is -0.493 e. The summed E-state index contributed by atoms with van der Waals surface area (Å²) in [6.45, 7) is 0. The highest BCUT2D eigenvalue weighted by molar-refractivity contribution is 7.10. The zero-order valence-corrected chi connectivity index (χ0v) is 16.9. The first-order chi connectivity index (χ1) is 14.2. The van der Waals surface area contributed by atoms with E-state index in [0.29, 0.717) is 23.9 Å². The van der Waals surface area contributed by atoms with E-state index in [-0.39, 0.29) is 17.7 Å². The van der Waals surface area contributed by atoms with Gasteiger partial charge in [0.15, 0.2) is 17.3 Å². The Morgan fingerprint density at radius 3 is 2.79 bits per heavy atom. The van der Waals surface area contributed by atoms with E-state index in [4.69, 9.17) is 9.47 Å². The van der Waals surface area contributed by atoms with Crippen LogP contribution >= 0.6 is 11.3 Å². The van der Waals surface area contributed by atoms with E-state index < -0.39 is 0 Å². The number of fused-ring (bicyclic) bond motifs is 1. The van der Waals surface area contributed by atoms with Crippen LogP contribution in [0.2, 0.25) is 0 Å². The average Bonchev–Trinajstić information content (AvgIpc) is 3.43. The van der Waals surface area contributed by atoms with Gasteiger partial charge in [-0.25, -0.2) is 4.68 Å². The van der Waals surface area contributed by atoms with Crippen molar-refractivity contribution < 1.29 is 14.3 Å². The normalized spacial score (nSPS) is 20.7. The lowest BCUT2D eigenvalue weighted by molar-refractivity contribution is -0.116. The molecule has 0 radical (unpaired) electrons. The molecular formula is C21H20N4O3S. The summed E-state index contributed by atoms with van der Waals surface area (Å²) in [6.07, 6.45) is 2.78. The SMILES string of the molecule is COc1ccc([C@@H]2C3=C(C[C@H](c4cccs4)CC3=O)Nc3ncnn32)cc1OC. The predicted octanol–water partition coefficient (Wildman–Crippen LogP) is 3.77. The van der Waals surface area contributed by atoms with Crippen LogP contribution in [-0.2, 0) is 4.79 Å². The van der Waals surface area contributed by atoms with Gasteiger partial charge in [0, 0.05) is 28.5 Å². The van der Waals surface area contributed by atoms with E-state index in [1.54, 1.807) is 30.2 Å². The number of thiophene rings is 1. The molecule has 0 bridgehead atoms. The number of Topliss-reactive ketones (excluding diaryl/α,β-unsaturated/α-hetero) is 1. The van der Waals surface area contributed by atoms with Crippen molar-refractivity contribution in [1.29, 1.82) is 0 Å². The second-order valence-corrected chi connectivity index (χ2v) is 8.09. The van der Waals surface area contributed by atoms with Gasteiger partial charge in [-0.15, -0.1) is 11.3 Å². The summed E-state index contributed by atoms with van der Waals surface area (Å²) in [7, 11) is 3.21. The van der Waals surface area contributed by atoms with Gasteiger partial charge in [0.05, 0.1) is 14.2 Å². The number of ketones is 1. The summed E-state index contributed by atoms with van der Waals surface area (Å²) >= 11 is 1.70. The van der Waals surface area contributed by atoms with Crippen LogP contribution < -0.4 is 14.8 Å². The molecule has 7 nitrogen and oxygen atoms in total. The zero-order chi connectivity index (χ0) is 20.0. The summed E-state index contributed by atoms with van der Waals surface area (Å²) in [5, 5.41) is 9.80. The van der Waals surface area contributed by atoms with Crippen molar-refractivity contribution in [2.45, 2.75) is 24.8 Å². The Hall–Kier alpha value is -3.13. The number of nitrogens with zero attached hydrogens (tertiary/aromatic N) is 3. The molecule has 0 saturated carbocycles. The molecule has 0 amide bonds. The fourth-order valence-corrected chi connectivity index (χ4v) is 5.04. The van der Waals surface area contributed by atoms with Crippen molar-refractivity contribution in [3.8, 4) is 11.5 Å². The number of carbonyl (C=O) groups excluding carboxylic acids is 1. The molecule has 0 spiro atoms. The third-order valence-corrected chi connectivity index (χ3v) is 6.57. The monoisotopic (exact) mass is 408 g/mol. The number of allylic oxidation sites excluding steroid dienone is 2. The molecule has 1 N–H and O–H groups in total. The smallest absolute Gasteiger partial charge is 0.226 e. The van der Waals surface area contributed by atoms with E-state index in [0.717, 1.165) is 23.3 Å². The number of hydrogen-bond acceptors (Lipinski definition) is 7. The first kappa shape index (κ1) is 17.9. The fourth-order valence-electron chi connectivity index (χ4n) is 4.21. The number of ether oxygens (including phenoxy) is 2. The average molecular weight is 408 g/mol. The second-order valence-electron chi connectivity index (χ2n) is 7.11. The molecule has 5 rings (SSSR count). The van der Waals surface area contributed by atoms with Gasteiger partial charge in [0.25, 0.3) is 0 Å². The van der Waals surface area contributed by atoms with Gasteiger partial charge < -0.3 is 14.8 Å². The van der Waals surface area contributed by atoms with E-state index in [1.807, 2.05) is 24.3 Å². The van der Waals surface area contributed by atoms with Gasteiger partial charge in [-0.05, 0) is 35.6 Å². The standard InChI is InChI=1S/C21H20N4O3S/c1-27-16-6-5-12(10-17(16)28-2)20-19-14(24-21-22-11-23-25(20)21)8-13(9-15(19)26)18-4-3-7-29-18/h3-7,10-11,13,20H,8-9H2,1-2H3,(H,22,23,24)/t13-,20+/m0/s1. The lowest BCUT2D eigenvalue weighted by atomic mass is 9.80. The lowest BCUT2D eigenvalue weighted by Gasteiger charge is -2.35. The van der Waals surface area contributed by atoms with Crippen LogP contribution in [0.3, 0.4) is 0 Å². The van der Waals surface area contributed by atoms with Crippen molar-refractivity contribution in [3.05, 3.63) is 63.7 Å². The van der Waals surface area contributed by atoms with Crippen LogP contribution in [0.1, 0.15) is 35.2 Å². The molecule has 1 aliphatic heterocycles. The van der Waals surface area contributed by atoms with Crippen LogP contribution in [0.25, 0.3) is 0 Å². The Bertz CT molecular complexity index is 1100. The Kier molecular flexibility index (Phi) is 4.35. The Labute approximate surface area is 172 Å². The molecular weight excluding hydrogens is 388 g/mol. The molecule has 2 aromatic heterocycles. The Morgan fingerprint density at radius 2 is 2.03 bits per heavy atom. The maximum Gasteiger partial charge on any atom is 0.226 e.